The number of nitrogens with zero attached hydrogens (tertiary/aromatic N) is 2. The summed E-state index contributed by atoms with van der Waals surface area (Å²) in [6.07, 6.45) is 6.34. The summed E-state index contributed by atoms with van der Waals surface area (Å²) in [5, 5.41) is 28.4. The maximum Gasteiger partial charge on any atom is 2.00 e. The normalized spacial score (nSPS) is 17.9. The number of nitrogens with one attached hydrogen (secondary N) is 2. The first kappa shape index (κ1) is 31.3. The molecule has 2 amide bonds. The molecule has 11 heteroatoms. The van der Waals surface area contributed by atoms with Crippen LogP contribution < -0.4 is 20.8 Å². The molecule has 0 aliphatic heterocycles. The molecule has 1 aliphatic carbocycles. The molecule has 2 unspecified atom stereocenters. The molecule has 0 heterocycles. The van der Waals surface area contributed by atoms with Gasteiger partial charge in [0, 0.05) is 38.3 Å². The van der Waals surface area contributed by atoms with Gasteiger partial charge in [0.05, 0.1) is 25.0 Å². The standard InChI is InChI=1S/C22H40N4O6.Mn/c1-3-5-11-23-19(27)13-25(15-21(29)30)17-9-7-8-10-18(17)26(16-22(31)32)14-20(28)24-12-6-4-2;/h17-18H,3-16H2,1-2H3,(H,23,27)(H,24,28)(H,29,30)(H,31,32);/q;+2/p-2. The molecule has 10 nitrogen and oxygen atoms in total. The van der Waals surface area contributed by atoms with Crippen molar-refractivity contribution in [3.05, 3.63) is 0 Å². The van der Waals surface area contributed by atoms with E-state index < -0.39 is 25.0 Å². The smallest absolute Gasteiger partial charge is 0.549 e. The van der Waals surface area contributed by atoms with E-state index >= 15 is 0 Å². The molecule has 0 saturated heterocycles. The first-order valence-corrected chi connectivity index (χ1v) is 11.7. The number of hydrogen-bond donors (Lipinski definition) is 2. The number of carboxylic acids is 2. The van der Waals surface area contributed by atoms with Crippen molar-refractivity contribution in [2.24, 2.45) is 0 Å². The van der Waals surface area contributed by atoms with E-state index in [1.807, 2.05) is 13.8 Å². The van der Waals surface area contributed by atoms with E-state index in [0.717, 1.165) is 38.5 Å². The summed E-state index contributed by atoms with van der Waals surface area (Å²) in [5.74, 6) is -3.18. The molecule has 1 saturated carbocycles. The quantitative estimate of drug-likeness (QED) is 0.184. The molecule has 2 N–H and O–H groups in total. The molecular formula is C22H38MnN4O6. The average molecular weight is 510 g/mol. The van der Waals surface area contributed by atoms with Crippen molar-refractivity contribution in [3.8, 4) is 0 Å². The number of rotatable bonds is 16. The summed E-state index contributed by atoms with van der Waals surface area (Å²) >= 11 is 0. The van der Waals surface area contributed by atoms with Gasteiger partial charge in [-0.2, -0.15) is 0 Å². The summed E-state index contributed by atoms with van der Waals surface area (Å²) in [7, 11) is 0. The summed E-state index contributed by atoms with van der Waals surface area (Å²) in [5.41, 5.74) is 0. The van der Waals surface area contributed by atoms with Crippen LogP contribution in [0.25, 0.3) is 0 Å². The number of hydrogen-bond acceptors (Lipinski definition) is 8. The van der Waals surface area contributed by atoms with E-state index in [1.165, 1.54) is 9.80 Å². The van der Waals surface area contributed by atoms with Crippen LogP contribution in [0.1, 0.15) is 65.2 Å². The molecule has 1 rings (SSSR count). The van der Waals surface area contributed by atoms with Crippen LogP contribution in [0.15, 0.2) is 0 Å². The fraction of sp³-hybridized carbons (Fsp3) is 0.818. The number of aliphatic carboxylic acids is 2. The third kappa shape index (κ3) is 13.0. The summed E-state index contributed by atoms with van der Waals surface area (Å²) in [4.78, 5) is 50.7. The second-order valence-corrected chi connectivity index (χ2v) is 8.38. The Bertz CT molecular complexity index is 570. The van der Waals surface area contributed by atoms with Crippen LogP contribution >= 0.6 is 0 Å². The van der Waals surface area contributed by atoms with Gasteiger partial charge in [0.2, 0.25) is 11.8 Å². The number of unbranched alkanes of at least 4 members (excludes halogenated alkanes) is 2. The number of carbonyl (C=O) groups excluding carboxylic acids is 4. The molecule has 0 aromatic carbocycles. The SMILES string of the molecule is CCCCNC(=O)CN(CC(=O)[O-])C1CCCCC1N(CC(=O)[O-])CC(=O)NCCCC.[Mn+2]. The molecule has 1 radical (unpaired) electrons. The predicted molar refractivity (Wildman–Crippen MR) is 115 cm³/mol. The van der Waals surface area contributed by atoms with Crippen molar-refractivity contribution in [3.63, 3.8) is 0 Å². The van der Waals surface area contributed by atoms with Crippen LogP contribution in [0.4, 0.5) is 0 Å². The minimum Gasteiger partial charge on any atom is -0.549 e. The van der Waals surface area contributed by atoms with Gasteiger partial charge in [0.15, 0.2) is 0 Å². The molecule has 0 aromatic rings. The van der Waals surface area contributed by atoms with Gasteiger partial charge in [0.25, 0.3) is 0 Å². The predicted octanol–water partition coefficient (Wildman–Crippen LogP) is -1.77. The Morgan fingerprint density at radius 1 is 0.727 bits per heavy atom. The molecule has 2 atom stereocenters. The van der Waals surface area contributed by atoms with Gasteiger partial charge in [-0.1, -0.05) is 39.5 Å². The van der Waals surface area contributed by atoms with E-state index in [4.69, 9.17) is 0 Å². The van der Waals surface area contributed by atoms with Crippen molar-refractivity contribution in [2.75, 3.05) is 39.3 Å². The largest absolute Gasteiger partial charge is 2.00 e. The zero-order chi connectivity index (χ0) is 23.9. The Balaban J connectivity index is 0.0000102. The van der Waals surface area contributed by atoms with E-state index in [-0.39, 0.29) is 54.1 Å². The van der Waals surface area contributed by atoms with Gasteiger partial charge >= 0.3 is 17.1 Å². The Morgan fingerprint density at radius 3 is 1.39 bits per heavy atom. The topological polar surface area (TPSA) is 145 Å². The molecule has 0 bridgehead atoms. The maximum absolute atomic E-state index is 12.4. The van der Waals surface area contributed by atoms with Crippen LogP contribution in [-0.4, -0.2) is 84.9 Å². The second-order valence-electron chi connectivity index (χ2n) is 8.38. The van der Waals surface area contributed by atoms with Crippen LogP contribution in [0.3, 0.4) is 0 Å². The summed E-state index contributed by atoms with van der Waals surface area (Å²) < 4.78 is 0. The zero-order valence-corrected chi connectivity index (χ0v) is 21.0. The Labute approximate surface area is 207 Å². The second kappa shape index (κ2) is 17.7. The molecule has 1 fully saturated rings. The molecule has 1 aliphatic rings. The first-order valence-electron chi connectivity index (χ1n) is 11.7. The van der Waals surface area contributed by atoms with Gasteiger partial charge < -0.3 is 30.4 Å². The minimum atomic E-state index is -1.31. The Hall–Kier alpha value is -1.68. The van der Waals surface area contributed by atoms with Crippen LogP contribution in [0.2, 0.25) is 0 Å². The fourth-order valence-corrected chi connectivity index (χ4v) is 4.15. The van der Waals surface area contributed by atoms with Crippen molar-refractivity contribution in [2.45, 2.75) is 77.3 Å². The number of amides is 2. The zero-order valence-electron chi connectivity index (χ0n) is 19.8. The van der Waals surface area contributed by atoms with Gasteiger partial charge in [-0.25, -0.2) is 0 Å². The minimum absolute atomic E-state index is 0. The molecular weight excluding hydrogens is 471 g/mol. The number of carbonyl (C=O) groups is 4. The number of carboxylic acid groups (broad SMARTS) is 2. The third-order valence-corrected chi connectivity index (χ3v) is 5.69. The Kier molecular flexibility index (Phi) is 16.8. The molecule has 0 aromatic heterocycles. The molecule has 189 valence electrons. The Morgan fingerprint density at radius 2 is 1.09 bits per heavy atom. The molecule has 33 heavy (non-hydrogen) atoms. The van der Waals surface area contributed by atoms with Crippen molar-refractivity contribution in [1.29, 1.82) is 0 Å². The van der Waals surface area contributed by atoms with E-state index in [2.05, 4.69) is 10.6 Å². The summed E-state index contributed by atoms with van der Waals surface area (Å²) in [6.45, 7) is 3.90. The van der Waals surface area contributed by atoms with Gasteiger partial charge in [0.1, 0.15) is 0 Å². The third-order valence-electron chi connectivity index (χ3n) is 5.69. The van der Waals surface area contributed by atoms with Crippen LogP contribution in [-0.2, 0) is 36.2 Å². The average Bonchev–Trinajstić information content (AvgIpc) is 2.72. The van der Waals surface area contributed by atoms with Gasteiger partial charge in [-0.3, -0.25) is 19.4 Å². The van der Waals surface area contributed by atoms with Crippen molar-refractivity contribution < 1.29 is 46.5 Å². The van der Waals surface area contributed by atoms with Gasteiger partial charge in [-0.05, 0) is 25.7 Å². The molecule has 0 spiro atoms. The van der Waals surface area contributed by atoms with E-state index in [9.17, 15) is 29.4 Å². The summed E-state index contributed by atoms with van der Waals surface area (Å²) in [6, 6.07) is -0.775. The van der Waals surface area contributed by atoms with Crippen LogP contribution in [0, 0.1) is 0 Å². The van der Waals surface area contributed by atoms with Crippen molar-refractivity contribution in [1.82, 2.24) is 20.4 Å². The first-order chi connectivity index (χ1) is 15.3. The maximum atomic E-state index is 12.4. The van der Waals surface area contributed by atoms with Crippen LogP contribution in [0.5, 0.6) is 0 Å². The van der Waals surface area contributed by atoms with Crippen molar-refractivity contribution >= 4 is 23.8 Å². The van der Waals surface area contributed by atoms with Gasteiger partial charge in [-0.15, -0.1) is 0 Å². The monoisotopic (exact) mass is 509 g/mol. The van der Waals surface area contributed by atoms with E-state index in [1.54, 1.807) is 0 Å². The fourth-order valence-electron chi connectivity index (χ4n) is 4.15. The van der Waals surface area contributed by atoms with E-state index in [0.29, 0.717) is 25.9 Å².